The number of aryl methyl sites for hydroxylation is 1. The summed E-state index contributed by atoms with van der Waals surface area (Å²) in [6, 6.07) is 12.7. The van der Waals surface area contributed by atoms with Crippen LogP contribution in [0.15, 0.2) is 48.8 Å². The minimum absolute atomic E-state index is 0. The van der Waals surface area contributed by atoms with Gasteiger partial charge in [-0.15, -0.1) is 24.8 Å². The summed E-state index contributed by atoms with van der Waals surface area (Å²) in [5.74, 6) is 0. The van der Waals surface area contributed by atoms with Gasteiger partial charge in [0.25, 0.3) is 0 Å². The number of amides is 1. The van der Waals surface area contributed by atoms with Crippen molar-refractivity contribution in [3.63, 3.8) is 0 Å². The van der Waals surface area contributed by atoms with Crippen molar-refractivity contribution < 1.29 is 9.53 Å². The number of carbonyl (C=O) groups is 1. The van der Waals surface area contributed by atoms with Gasteiger partial charge in [0, 0.05) is 29.1 Å². The van der Waals surface area contributed by atoms with E-state index >= 15 is 0 Å². The third kappa shape index (κ3) is 4.61. The number of nitrogens with one attached hydrogen (secondary N) is 1. The van der Waals surface area contributed by atoms with Crippen LogP contribution in [0.5, 0.6) is 0 Å². The summed E-state index contributed by atoms with van der Waals surface area (Å²) in [5, 5.41) is 8.34. The molecule has 8 nitrogen and oxygen atoms in total. The van der Waals surface area contributed by atoms with E-state index in [0.29, 0.717) is 5.13 Å². The van der Waals surface area contributed by atoms with Gasteiger partial charge in [0.2, 0.25) is 0 Å². The van der Waals surface area contributed by atoms with Crippen LogP contribution in [0.2, 0.25) is 0 Å². The number of hydrogen-bond donors (Lipinski definition) is 1. The summed E-state index contributed by atoms with van der Waals surface area (Å²) in [5.41, 5.74) is 7.59. The number of anilines is 1. The van der Waals surface area contributed by atoms with Crippen LogP contribution >= 0.6 is 36.2 Å². The number of benzene rings is 1. The van der Waals surface area contributed by atoms with Gasteiger partial charge in [-0.2, -0.15) is 5.10 Å². The summed E-state index contributed by atoms with van der Waals surface area (Å²) < 4.78 is 6.78. The monoisotopic (exact) mass is 558 g/mol. The quantitative estimate of drug-likeness (QED) is 0.336. The highest BCUT2D eigenvalue weighted by molar-refractivity contribution is 7.19. The Morgan fingerprint density at radius 2 is 1.89 bits per heavy atom. The molecule has 2 aliphatic carbocycles. The number of ether oxygens (including phenoxy) is 1. The van der Waals surface area contributed by atoms with Gasteiger partial charge in [0.05, 0.1) is 34.8 Å². The van der Waals surface area contributed by atoms with Gasteiger partial charge in [-0.3, -0.25) is 15.2 Å². The lowest BCUT2D eigenvalue weighted by Crippen LogP contribution is -2.27. The summed E-state index contributed by atoms with van der Waals surface area (Å²) in [7, 11) is 5.65. The largest absolute Gasteiger partial charge is 0.453 e. The van der Waals surface area contributed by atoms with Crippen molar-refractivity contribution in [2.24, 2.45) is 0 Å². The fourth-order valence-corrected chi connectivity index (χ4v) is 6.06. The molecule has 1 amide bonds. The molecular weight excluding hydrogens is 531 g/mol. The normalized spacial score (nSPS) is 14.6. The lowest BCUT2D eigenvalue weighted by Gasteiger charge is -2.24. The number of aromatic nitrogens is 4. The first-order chi connectivity index (χ1) is 17.0. The molecule has 1 aromatic carbocycles. The van der Waals surface area contributed by atoms with Crippen molar-refractivity contribution in [3.8, 4) is 27.5 Å². The number of fused-ring (bicyclic) bond motifs is 3. The van der Waals surface area contributed by atoms with Crippen molar-refractivity contribution >= 4 is 47.4 Å². The summed E-state index contributed by atoms with van der Waals surface area (Å²) >= 11 is 1.45. The fourth-order valence-electron chi connectivity index (χ4n) is 5.01. The Kier molecular flexibility index (Phi) is 7.62. The zero-order valence-electron chi connectivity index (χ0n) is 20.7. The van der Waals surface area contributed by atoms with Gasteiger partial charge in [0.1, 0.15) is 0 Å². The van der Waals surface area contributed by atoms with Crippen molar-refractivity contribution in [3.05, 3.63) is 65.6 Å². The molecule has 0 radical (unpaired) electrons. The van der Waals surface area contributed by atoms with E-state index in [4.69, 9.17) is 9.84 Å². The first-order valence-corrected chi connectivity index (χ1v) is 12.5. The van der Waals surface area contributed by atoms with Crippen LogP contribution < -0.4 is 5.32 Å². The Morgan fingerprint density at radius 1 is 1.14 bits per heavy atom. The molecule has 1 N–H and O–H groups in total. The Bertz CT molecular complexity index is 1420. The molecule has 2 aliphatic rings. The van der Waals surface area contributed by atoms with E-state index in [9.17, 15) is 4.79 Å². The molecule has 4 aromatic rings. The third-order valence-corrected chi connectivity index (χ3v) is 8.09. The van der Waals surface area contributed by atoms with Crippen molar-refractivity contribution in [2.75, 3.05) is 26.5 Å². The average Bonchev–Trinajstić information content (AvgIpc) is 3.46. The highest BCUT2D eigenvalue weighted by Gasteiger charge is 2.46. The second-order valence-corrected chi connectivity index (χ2v) is 10.2. The molecule has 1 fully saturated rings. The number of halogens is 2. The fraction of sp³-hybridized carbons (Fsp3) is 0.308. The Balaban J connectivity index is 0.00000160. The molecule has 3 heterocycles. The SMILES string of the molecule is COC(=O)Nc1nc2c(s1)-c1c(c(-c3cccnc3)nn1-c1ccc(C3(N(C)C)CC3)cc1)CC2.Cl.Cl. The zero-order valence-corrected chi connectivity index (χ0v) is 23.2. The lowest BCUT2D eigenvalue weighted by atomic mass is 9.95. The molecule has 0 spiro atoms. The van der Waals surface area contributed by atoms with Crippen LogP contribution in [-0.2, 0) is 23.1 Å². The van der Waals surface area contributed by atoms with Crippen LogP contribution in [0.25, 0.3) is 27.5 Å². The van der Waals surface area contributed by atoms with Crippen LogP contribution in [-0.4, -0.2) is 51.9 Å². The van der Waals surface area contributed by atoms with E-state index in [0.717, 1.165) is 46.1 Å². The average molecular weight is 560 g/mol. The van der Waals surface area contributed by atoms with Gasteiger partial charge in [-0.25, -0.2) is 14.5 Å². The van der Waals surface area contributed by atoms with E-state index in [2.05, 4.69) is 58.5 Å². The molecule has 3 aromatic heterocycles. The number of carbonyl (C=O) groups excluding carboxylic acids is 1. The number of pyridine rings is 1. The van der Waals surface area contributed by atoms with E-state index in [1.165, 1.54) is 42.4 Å². The molecule has 194 valence electrons. The van der Waals surface area contributed by atoms with E-state index < -0.39 is 6.09 Å². The lowest BCUT2D eigenvalue weighted by molar-refractivity contribution is 0.187. The number of methoxy groups -OCH3 is 1. The Morgan fingerprint density at radius 3 is 2.51 bits per heavy atom. The van der Waals surface area contributed by atoms with Gasteiger partial charge >= 0.3 is 6.09 Å². The highest BCUT2D eigenvalue weighted by atomic mass is 35.5. The maximum Gasteiger partial charge on any atom is 0.413 e. The number of nitrogens with zero attached hydrogens (tertiary/aromatic N) is 5. The standard InChI is InChI=1S/C26H26N6O2S.2ClH/c1-31(2)26(12-13-26)17-6-8-18(9-7-17)32-22-19(21(30-32)16-5-4-14-27-15-16)10-11-20-23(22)35-24(28-20)29-25(33)34-3;;/h4-9,14-15H,10-13H2,1-3H3,(H,28,29,33);2*1H. The van der Waals surface area contributed by atoms with Crippen LogP contribution in [0, 0.1) is 0 Å². The van der Waals surface area contributed by atoms with Crippen molar-refractivity contribution in [2.45, 2.75) is 31.2 Å². The van der Waals surface area contributed by atoms with Crippen LogP contribution in [0.1, 0.15) is 29.7 Å². The smallest absolute Gasteiger partial charge is 0.413 e. The maximum atomic E-state index is 11.8. The number of hydrogen-bond acceptors (Lipinski definition) is 7. The predicted molar refractivity (Wildman–Crippen MR) is 150 cm³/mol. The van der Waals surface area contributed by atoms with Gasteiger partial charge in [0.15, 0.2) is 5.13 Å². The first-order valence-electron chi connectivity index (χ1n) is 11.7. The van der Waals surface area contributed by atoms with E-state index in [1.807, 2.05) is 23.0 Å². The number of rotatable bonds is 5. The molecule has 0 atom stereocenters. The topological polar surface area (TPSA) is 85.2 Å². The third-order valence-electron chi connectivity index (χ3n) is 7.07. The van der Waals surface area contributed by atoms with E-state index in [1.54, 1.807) is 6.20 Å². The van der Waals surface area contributed by atoms with E-state index in [-0.39, 0.29) is 30.4 Å². The second kappa shape index (κ2) is 10.4. The molecule has 0 aliphatic heterocycles. The Hall–Kier alpha value is -2.98. The molecule has 11 heteroatoms. The molecule has 0 saturated heterocycles. The summed E-state index contributed by atoms with van der Waals surface area (Å²) in [6.45, 7) is 0. The minimum Gasteiger partial charge on any atom is -0.453 e. The first kappa shape index (κ1) is 27.1. The van der Waals surface area contributed by atoms with Crippen molar-refractivity contribution in [1.29, 1.82) is 0 Å². The molecular formula is C26H28Cl2N6O2S. The molecule has 1 saturated carbocycles. The molecule has 37 heavy (non-hydrogen) atoms. The van der Waals surface area contributed by atoms with Crippen molar-refractivity contribution in [1.82, 2.24) is 24.6 Å². The summed E-state index contributed by atoms with van der Waals surface area (Å²) in [4.78, 5) is 24.1. The predicted octanol–water partition coefficient (Wildman–Crippen LogP) is 5.73. The van der Waals surface area contributed by atoms with Gasteiger partial charge < -0.3 is 4.74 Å². The Labute approximate surface area is 231 Å². The summed E-state index contributed by atoms with van der Waals surface area (Å²) in [6.07, 6.45) is 7.07. The van der Waals surface area contributed by atoms with Gasteiger partial charge in [-0.05, 0) is 69.6 Å². The number of thiazole rings is 1. The minimum atomic E-state index is -0.522. The molecule has 0 bridgehead atoms. The van der Waals surface area contributed by atoms with Crippen LogP contribution in [0.4, 0.5) is 9.93 Å². The highest BCUT2D eigenvalue weighted by Crippen LogP contribution is 2.50. The van der Waals surface area contributed by atoms with Crippen LogP contribution in [0.3, 0.4) is 0 Å². The second-order valence-electron chi connectivity index (χ2n) is 9.21. The zero-order chi connectivity index (χ0) is 24.2. The molecule has 6 rings (SSSR count). The molecule has 0 unspecified atom stereocenters. The van der Waals surface area contributed by atoms with Gasteiger partial charge in [-0.1, -0.05) is 23.5 Å². The maximum absolute atomic E-state index is 11.8.